The molecule has 0 unspecified atom stereocenters. The van der Waals surface area contributed by atoms with Crippen molar-refractivity contribution < 1.29 is 4.39 Å². The first-order chi connectivity index (χ1) is 15.1. The molecule has 3 aromatic rings. The number of hydrogen-bond acceptors (Lipinski definition) is 7. The maximum atomic E-state index is 14.3. The number of nitrogens with zero attached hydrogens (tertiary/aromatic N) is 6. The second-order valence-corrected chi connectivity index (χ2v) is 7.47. The Morgan fingerprint density at radius 1 is 1.00 bits per heavy atom. The quantitative estimate of drug-likeness (QED) is 0.658. The molecule has 31 heavy (non-hydrogen) atoms. The zero-order valence-electron chi connectivity index (χ0n) is 17.4. The first kappa shape index (κ1) is 20.8. The summed E-state index contributed by atoms with van der Waals surface area (Å²) in [5.41, 5.74) is 2.37. The van der Waals surface area contributed by atoms with Crippen LogP contribution in [0, 0.1) is 17.1 Å². The average Bonchev–Trinajstić information content (AvgIpc) is 2.82. The molecule has 1 aromatic carbocycles. The third kappa shape index (κ3) is 5.20. The number of benzene rings is 1. The van der Waals surface area contributed by atoms with E-state index >= 15 is 0 Å². The molecule has 3 heterocycles. The molecule has 7 nitrogen and oxygen atoms in total. The van der Waals surface area contributed by atoms with Crippen LogP contribution in [0.3, 0.4) is 0 Å². The molecule has 1 saturated heterocycles. The van der Waals surface area contributed by atoms with Gasteiger partial charge in [-0.2, -0.15) is 5.26 Å². The van der Waals surface area contributed by atoms with Gasteiger partial charge in [-0.15, -0.1) is 0 Å². The standard InChI is InChI=1S/C23H24FN7/c1-2-30-9-11-31(12-10-30)16-18-5-8-21(26-14-18)28-23-20(24)15-27-22(29-23)19-6-3-17(13-25)4-7-19/h3-8,14-15H,2,9-12,16H2,1H3,(H,26,27,28,29). The highest BCUT2D eigenvalue weighted by Gasteiger charge is 2.16. The Labute approximate surface area is 181 Å². The van der Waals surface area contributed by atoms with E-state index in [2.05, 4.69) is 43.1 Å². The van der Waals surface area contributed by atoms with Gasteiger partial charge in [0.15, 0.2) is 17.5 Å². The zero-order chi connectivity index (χ0) is 21.6. The fourth-order valence-corrected chi connectivity index (χ4v) is 3.52. The first-order valence-electron chi connectivity index (χ1n) is 10.3. The fraction of sp³-hybridized carbons (Fsp3) is 0.304. The van der Waals surface area contributed by atoms with Crippen molar-refractivity contribution in [3.05, 3.63) is 65.7 Å². The van der Waals surface area contributed by atoms with Gasteiger partial charge in [-0.1, -0.05) is 13.0 Å². The van der Waals surface area contributed by atoms with E-state index < -0.39 is 5.82 Å². The van der Waals surface area contributed by atoms with Crippen molar-refractivity contribution in [1.29, 1.82) is 5.26 Å². The third-order valence-corrected chi connectivity index (χ3v) is 5.41. The normalized spacial score (nSPS) is 14.9. The van der Waals surface area contributed by atoms with Crippen molar-refractivity contribution in [2.45, 2.75) is 13.5 Å². The number of rotatable bonds is 6. The predicted molar refractivity (Wildman–Crippen MR) is 117 cm³/mol. The predicted octanol–water partition coefficient (Wildman–Crippen LogP) is 3.43. The van der Waals surface area contributed by atoms with Gasteiger partial charge in [0.05, 0.1) is 17.8 Å². The summed E-state index contributed by atoms with van der Waals surface area (Å²) in [5, 5.41) is 11.9. The van der Waals surface area contributed by atoms with Gasteiger partial charge in [0.1, 0.15) is 5.82 Å². The molecule has 1 aliphatic heterocycles. The van der Waals surface area contributed by atoms with Crippen LogP contribution >= 0.6 is 0 Å². The van der Waals surface area contributed by atoms with Crippen LogP contribution in [0.15, 0.2) is 48.8 Å². The highest BCUT2D eigenvalue weighted by atomic mass is 19.1. The topological polar surface area (TPSA) is 81.0 Å². The summed E-state index contributed by atoms with van der Waals surface area (Å²) < 4.78 is 14.3. The van der Waals surface area contributed by atoms with Crippen molar-refractivity contribution in [3.63, 3.8) is 0 Å². The lowest BCUT2D eigenvalue weighted by molar-refractivity contribution is 0.132. The Morgan fingerprint density at radius 2 is 1.74 bits per heavy atom. The molecule has 1 N–H and O–H groups in total. The number of aromatic nitrogens is 3. The van der Waals surface area contributed by atoms with Gasteiger partial charge in [0, 0.05) is 44.5 Å². The van der Waals surface area contributed by atoms with E-state index in [0.29, 0.717) is 22.8 Å². The van der Waals surface area contributed by atoms with Crippen LogP contribution in [-0.2, 0) is 6.54 Å². The molecule has 4 rings (SSSR count). The van der Waals surface area contributed by atoms with E-state index in [1.807, 2.05) is 18.3 Å². The van der Waals surface area contributed by atoms with Gasteiger partial charge in [-0.05, 0) is 42.4 Å². The van der Waals surface area contributed by atoms with Gasteiger partial charge in [0.25, 0.3) is 0 Å². The van der Waals surface area contributed by atoms with E-state index in [9.17, 15) is 4.39 Å². The summed E-state index contributed by atoms with van der Waals surface area (Å²) in [6, 6.07) is 12.7. The monoisotopic (exact) mass is 417 g/mol. The van der Waals surface area contributed by atoms with Gasteiger partial charge < -0.3 is 10.2 Å². The number of pyridine rings is 1. The molecule has 0 aliphatic carbocycles. The Kier molecular flexibility index (Phi) is 6.46. The second-order valence-electron chi connectivity index (χ2n) is 7.47. The van der Waals surface area contributed by atoms with Crippen LogP contribution in [0.25, 0.3) is 11.4 Å². The number of halogens is 1. The van der Waals surface area contributed by atoms with Crippen molar-refractivity contribution in [1.82, 2.24) is 24.8 Å². The van der Waals surface area contributed by atoms with Crippen LogP contribution in [0.2, 0.25) is 0 Å². The number of anilines is 2. The average molecular weight is 417 g/mol. The maximum Gasteiger partial charge on any atom is 0.184 e. The smallest absolute Gasteiger partial charge is 0.184 e. The number of nitrogens with one attached hydrogen (secondary N) is 1. The Hall–Kier alpha value is -3.41. The third-order valence-electron chi connectivity index (χ3n) is 5.41. The Bertz CT molecular complexity index is 1050. The zero-order valence-corrected chi connectivity index (χ0v) is 17.4. The molecule has 1 fully saturated rings. The molecular formula is C23H24FN7. The van der Waals surface area contributed by atoms with Crippen LogP contribution in [0.5, 0.6) is 0 Å². The van der Waals surface area contributed by atoms with Gasteiger partial charge >= 0.3 is 0 Å². The summed E-state index contributed by atoms with van der Waals surface area (Å²) in [6.45, 7) is 8.45. The van der Waals surface area contributed by atoms with Gasteiger partial charge in [-0.3, -0.25) is 4.90 Å². The van der Waals surface area contributed by atoms with Crippen LogP contribution in [0.4, 0.5) is 16.0 Å². The minimum Gasteiger partial charge on any atom is -0.322 e. The van der Waals surface area contributed by atoms with Crippen LogP contribution in [-0.4, -0.2) is 57.5 Å². The van der Waals surface area contributed by atoms with Gasteiger partial charge in [0.2, 0.25) is 0 Å². The van der Waals surface area contributed by atoms with E-state index in [4.69, 9.17) is 5.26 Å². The lowest BCUT2D eigenvalue weighted by Gasteiger charge is -2.33. The summed E-state index contributed by atoms with van der Waals surface area (Å²) in [7, 11) is 0. The van der Waals surface area contributed by atoms with Crippen molar-refractivity contribution in [2.24, 2.45) is 0 Å². The molecular weight excluding hydrogens is 393 g/mol. The second kappa shape index (κ2) is 9.60. The summed E-state index contributed by atoms with van der Waals surface area (Å²) >= 11 is 0. The van der Waals surface area contributed by atoms with Crippen molar-refractivity contribution >= 4 is 11.6 Å². The maximum absolute atomic E-state index is 14.3. The molecule has 0 spiro atoms. The molecule has 1 aliphatic rings. The van der Waals surface area contributed by atoms with E-state index in [1.165, 1.54) is 0 Å². The molecule has 0 radical (unpaired) electrons. The fourth-order valence-electron chi connectivity index (χ4n) is 3.52. The van der Waals surface area contributed by atoms with Crippen LogP contribution in [0.1, 0.15) is 18.1 Å². The van der Waals surface area contributed by atoms with E-state index in [0.717, 1.165) is 51.0 Å². The lowest BCUT2D eigenvalue weighted by Crippen LogP contribution is -2.45. The van der Waals surface area contributed by atoms with Crippen molar-refractivity contribution in [2.75, 3.05) is 38.0 Å². The van der Waals surface area contributed by atoms with Crippen LogP contribution < -0.4 is 5.32 Å². The largest absolute Gasteiger partial charge is 0.322 e. The highest BCUT2D eigenvalue weighted by molar-refractivity contribution is 5.60. The number of piperazine rings is 1. The number of hydrogen-bond donors (Lipinski definition) is 1. The minimum absolute atomic E-state index is 0.0605. The Balaban J connectivity index is 1.42. The Morgan fingerprint density at radius 3 is 2.39 bits per heavy atom. The highest BCUT2D eigenvalue weighted by Crippen LogP contribution is 2.21. The van der Waals surface area contributed by atoms with Gasteiger partial charge in [-0.25, -0.2) is 19.3 Å². The lowest BCUT2D eigenvalue weighted by atomic mass is 10.1. The molecule has 0 atom stereocenters. The molecule has 0 bridgehead atoms. The number of nitriles is 1. The van der Waals surface area contributed by atoms with E-state index in [-0.39, 0.29) is 5.82 Å². The summed E-state index contributed by atoms with van der Waals surface area (Å²) in [6.07, 6.45) is 2.95. The SMILES string of the molecule is CCN1CCN(Cc2ccc(Nc3nc(-c4ccc(C#N)cc4)ncc3F)nc2)CC1. The summed E-state index contributed by atoms with van der Waals surface area (Å²) in [5.74, 6) is 0.390. The van der Waals surface area contributed by atoms with E-state index in [1.54, 1.807) is 24.3 Å². The summed E-state index contributed by atoms with van der Waals surface area (Å²) in [4.78, 5) is 17.6. The van der Waals surface area contributed by atoms with Crippen molar-refractivity contribution in [3.8, 4) is 17.5 Å². The minimum atomic E-state index is -0.558. The molecule has 158 valence electrons. The first-order valence-corrected chi connectivity index (χ1v) is 10.3. The molecule has 0 saturated carbocycles. The number of likely N-dealkylation sites (N-methyl/N-ethyl adjacent to an activating group) is 1. The molecule has 8 heteroatoms. The molecule has 2 aromatic heterocycles. The molecule has 0 amide bonds.